The number of unbranched alkanes of at least 4 members (excludes halogenated alkanes) is 3. The first-order chi connectivity index (χ1) is 21.9. The molecule has 1 fully saturated rings. The number of halogens is 2. The summed E-state index contributed by atoms with van der Waals surface area (Å²) in [5.74, 6) is 0. The summed E-state index contributed by atoms with van der Waals surface area (Å²) in [5.41, 5.74) is 11.1. The van der Waals surface area contributed by atoms with Crippen molar-refractivity contribution in [2.75, 3.05) is 41.4 Å². The molecule has 0 aliphatic carbocycles. The summed E-state index contributed by atoms with van der Waals surface area (Å²) in [6, 6.07) is 19.2. The van der Waals surface area contributed by atoms with Crippen LogP contribution in [0.1, 0.15) is 98.2 Å². The van der Waals surface area contributed by atoms with E-state index in [9.17, 15) is 0 Å². The fraction of sp³-hybridized carbons (Fsp3) is 0.500. The van der Waals surface area contributed by atoms with Gasteiger partial charge in [-0.2, -0.15) is 0 Å². The van der Waals surface area contributed by atoms with E-state index in [1.54, 1.807) is 18.5 Å². The van der Waals surface area contributed by atoms with E-state index in [2.05, 4.69) is 113 Å². The number of rotatable bonds is 12. The maximum absolute atomic E-state index is 7.40. The van der Waals surface area contributed by atoms with Gasteiger partial charge in [-0.3, -0.25) is 0 Å². The number of hydrogen-bond acceptors (Lipinski definition) is 2. The molecule has 4 rings (SSSR count). The molecule has 6 heteroatoms. The minimum absolute atomic E-state index is 0.422. The van der Waals surface area contributed by atoms with Gasteiger partial charge in [0.2, 0.25) is 0 Å². The third kappa shape index (κ3) is 10.8. The second kappa shape index (κ2) is 19.0. The maximum atomic E-state index is 7.40. The zero-order valence-corrected chi connectivity index (χ0v) is 34.1. The van der Waals surface area contributed by atoms with Crippen molar-refractivity contribution in [3.63, 3.8) is 0 Å². The standard InChI is InChI=1S/C21H26N2.C12H27P.C7H6.2ClH.Ru/c1-14-9-16(3)20(17(4)10-14)22-7-8-23(13-22)21-18(5)11-15(2)12-19(21)6;1-4-7-10-13(11-8-5-2)12-9-6-3;1-7-5-3-2-4-6-7;;;/h9-12H,7-8H2,1-6H3;4-12H2,1-3H3;1-6H;2*1H;/q;;;;;+2/p-2. The van der Waals surface area contributed by atoms with Gasteiger partial charge in [-0.05, 0) is 37.7 Å². The molecule has 0 bridgehead atoms. The van der Waals surface area contributed by atoms with E-state index >= 15 is 0 Å². The van der Waals surface area contributed by atoms with E-state index in [0.29, 0.717) is 7.92 Å². The van der Waals surface area contributed by atoms with Crippen LogP contribution in [0.5, 0.6) is 0 Å². The topological polar surface area (TPSA) is 6.48 Å². The Morgan fingerprint density at radius 1 is 0.630 bits per heavy atom. The molecule has 1 saturated heterocycles. The van der Waals surface area contributed by atoms with E-state index in [1.807, 2.05) is 18.2 Å². The van der Waals surface area contributed by atoms with Crippen LogP contribution in [0.25, 0.3) is 0 Å². The SMILES string of the molecule is CCCCP(CCCC)CCCC.Cc1cc(C)c(N2CCN(c3c(C)cc(C)cc3C)[C]2=[Ru]([Cl])([Cl])=[CH]c2ccccc2)c(C)c1. The molecular formula is C40H59Cl2N2PRu. The van der Waals surface area contributed by atoms with Crippen molar-refractivity contribution in [3.05, 3.63) is 93.5 Å². The van der Waals surface area contributed by atoms with E-state index in [1.165, 1.54) is 83.3 Å². The molecule has 0 radical (unpaired) electrons. The van der Waals surface area contributed by atoms with Gasteiger partial charge in [0.1, 0.15) is 0 Å². The number of aryl methyl sites for hydroxylation is 6. The molecule has 1 heterocycles. The van der Waals surface area contributed by atoms with Gasteiger partial charge in [0.15, 0.2) is 0 Å². The number of benzene rings is 3. The van der Waals surface area contributed by atoms with Crippen LogP contribution in [-0.4, -0.2) is 40.5 Å². The van der Waals surface area contributed by atoms with Crippen LogP contribution in [0.15, 0.2) is 54.6 Å². The van der Waals surface area contributed by atoms with Crippen molar-refractivity contribution in [1.29, 1.82) is 0 Å². The Balaban J connectivity index is 0.000000376. The van der Waals surface area contributed by atoms with Crippen molar-refractivity contribution in [1.82, 2.24) is 0 Å². The summed E-state index contributed by atoms with van der Waals surface area (Å²) in [4.78, 5) is 4.79. The molecule has 0 N–H and O–H groups in total. The second-order valence-electron chi connectivity index (χ2n) is 12.9. The Morgan fingerprint density at radius 3 is 1.35 bits per heavy atom. The predicted molar refractivity (Wildman–Crippen MR) is 211 cm³/mol. The Bertz CT molecular complexity index is 1400. The number of anilines is 2. The van der Waals surface area contributed by atoms with Crippen molar-refractivity contribution in [2.45, 2.75) is 101 Å². The molecule has 0 saturated carbocycles. The summed E-state index contributed by atoms with van der Waals surface area (Å²) < 4.78 is 3.18. The van der Waals surface area contributed by atoms with Crippen molar-refractivity contribution >= 4 is 47.6 Å². The molecular weight excluding hydrogens is 711 g/mol. The van der Waals surface area contributed by atoms with E-state index in [4.69, 9.17) is 19.4 Å². The molecule has 46 heavy (non-hydrogen) atoms. The van der Waals surface area contributed by atoms with Gasteiger partial charge in [0, 0.05) is 0 Å². The molecule has 1 aliphatic rings. The molecule has 1 aliphatic heterocycles. The zero-order valence-electron chi connectivity index (χ0n) is 30.0. The van der Waals surface area contributed by atoms with E-state index < -0.39 is 11.9 Å². The number of hydrogen-bond donors (Lipinski definition) is 0. The van der Waals surface area contributed by atoms with Crippen LogP contribution in [0.4, 0.5) is 11.4 Å². The zero-order chi connectivity index (χ0) is 33.9. The van der Waals surface area contributed by atoms with Crippen molar-refractivity contribution in [3.8, 4) is 0 Å². The summed E-state index contributed by atoms with van der Waals surface area (Å²) in [6.45, 7) is 21.7. The molecule has 0 amide bonds. The van der Waals surface area contributed by atoms with Gasteiger partial charge in [-0.15, -0.1) is 7.92 Å². The third-order valence-corrected chi connectivity index (χ3v) is 16.9. The van der Waals surface area contributed by atoms with Crippen LogP contribution in [0, 0.1) is 41.5 Å². The third-order valence-electron chi connectivity index (χ3n) is 8.53. The van der Waals surface area contributed by atoms with Crippen LogP contribution < -0.4 is 9.80 Å². The van der Waals surface area contributed by atoms with Gasteiger partial charge in [-0.25, -0.2) is 0 Å². The molecule has 2 nitrogen and oxygen atoms in total. The van der Waals surface area contributed by atoms with Gasteiger partial charge in [0.25, 0.3) is 0 Å². The van der Waals surface area contributed by atoms with Gasteiger partial charge >= 0.3 is 210 Å². The van der Waals surface area contributed by atoms with Crippen molar-refractivity contribution < 1.29 is 11.9 Å². The van der Waals surface area contributed by atoms with Gasteiger partial charge in [-0.1, -0.05) is 40.0 Å². The van der Waals surface area contributed by atoms with Crippen LogP contribution in [-0.2, 0) is 11.9 Å². The first kappa shape index (κ1) is 39.1. The average molecular weight is 771 g/mol. The number of nitrogens with zero attached hydrogens (tertiary/aromatic N) is 2. The molecule has 0 unspecified atom stereocenters. The normalized spacial score (nSPS) is 13.7. The summed E-state index contributed by atoms with van der Waals surface area (Å²) >= 11 is -3.44. The molecule has 256 valence electrons. The Morgan fingerprint density at radius 2 is 1.00 bits per heavy atom. The molecule has 3 aromatic rings. The fourth-order valence-electron chi connectivity index (χ4n) is 6.57. The van der Waals surface area contributed by atoms with Crippen LogP contribution in [0.3, 0.4) is 0 Å². The van der Waals surface area contributed by atoms with Crippen molar-refractivity contribution in [2.24, 2.45) is 0 Å². The second-order valence-corrected chi connectivity index (χ2v) is 24.8. The van der Waals surface area contributed by atoms with E-state index in [-0.39, 0.29) is 0 Å². The average Bonchev–Trinajstić information content (AvgIpc) is 3.41. The summed E-state index contributed by atoms with van der Waals surface area (Å²) in [5, 5.41) is 0. The monoisotopic (exact) mass is 770 g/mol. The summed E-state index contributed by atoms with van der Waals surface area (Å²) in [7, 11) is 15.2. The first-order valence-electron chi connectivity index (χ1n) is 17.3. The molecule has 0 atom stereocenters. The van der Waals surface area contributed by atoms with E-state index in [0.717, 1.165) is 23.0 Å². The van der Waals surface area contributed by atoms with Crippen LogP contribution in [0.2, 0.25) is 0 Å². The molecule has 0 spiro atoms. The Labute approximate surface area is 293 Å². The van der Waals surface area contributed by atoms with Gasteiger partial charge in [0.05, 0.1) is 0 Å². The Hall–Kier alpha value is -1.37. The predicted octanol–water partition coefficient (Wildman–Crippen LogP) is 12.1. The summed E-state index contributed by atoms with van der Waals surface area (Å²) in [6.07, 6.45) is 13.2. The fourth-order valence-corrected chi connectivity index (χ4v) is 15.6. The first-order valence-corrected chi connectivity index (χ1v) is 25.5. The minimum atomic E-state index is -3.44. The molecule has 3 aromatic carbocycles. The van der Waals surface area contributed by atoms with Gasteiger partial charge < -0.3 is 0 Å². The quantitative estimate of drug-likeness (QED) is 0.134. The van der Waals surface area contributed by atoms with Crippen LogP contribution >= 0.6 is 27.3 Å². The molecule has 0 aromatic heterocycles. The Kier molecular flexibility index (Phi) is 16.1.